The first-order valence-electron chi connectivity index (χ1n) is 9.31. The first-order chi connectivity index (χ1) is 12.9. The highest BCUT2D eigenvalue weighted by Gasteiger charge is 2.18. The number of fused-ring (bicyclic) bond motifs is 1. The molecule has 0 aliphatic carbocycles. The van der Waals surface area contributed by atoms with Gasteiger partial charge in [-0.2, -0.15) is 5.10 Å². The van der Waals surface area contributed by atoms with E-state index in [1.165, 1.54) is 5.56 Å². The Morgan fingerprint density at radius 3 is 2.52 bits per heavy atom. The van der Waals surface area contributed by atoms with Gasteiger partial charge >= 0.3 is 0 Å². The van der Waals surface area contributed by atoms with Crippen molar-refractivity contribution in [1.29, 1.82) is 0 Å². The van der Waals surface area contributed by atoms with Crippen LogP contribution in [0.25, 0.3) is 22.3 Å². The predicted molar refractivity (Wildman–Crippen MR) is 109 cm³/mol. The van der Waals surface area contributed by atoms with E-state index in [9.17, 15) is 4.79 Å². The second-order valence-corrected chi connectivity index (χ2v) is 7.24. The van der Waals surface area contributed by atoms with E-state index in [1.807, 2.05) is 36.9 Å². The fourth-order valence-electron chi connectivity index (χ4n) is 2.90. The summed E-state index contributed by atoms with van der Waals surface area (Å²) >= 11 is 0. The average molecular weight is 365 g/mol. The van der Waals surface area contributed by atoms with Gasteiger partial charge in [-0.3, -0.25) is 4.79 Å². The number of hydrogen-bond acceptors (Lipinski definition) is 4. The van der Waals surface area contributed by atoms with Crippen molar-refractivity contribution in [3.8, 4) is 11.3 Å². The summed E-state index contributed by atoms with van der Waals surface area (Å²) in [4.78, 5) is 17.7. The molecule has 1 atom stereocenters. The third-order valence-electron chi connectivity index (χ3n) is 4.71. The lowest BCUT2D eigenvalue weighted by Gasteiger charge is -2.13. The molecule has 2 heterocycles. The molecule has 0 aliphatic heterocycles. The molecule has 6 nitrogen and oxygen atoms in total. The van der Waals surface area contributed by atoms with Crippen LogP contribution < -0.4 is 10.6 Å². The average Bonchev–Trinajstić information content (AvgIpc) is 3.09. The van der Waals surface area contributed by atoms with Crippen molar-refractivity contribution in [2.45, 2.75) is 39.8 Å². The van der Waals surface area contributed by atoms with Crippen LogP contribution in [0.15, 0.2) is 36.5 Å². The van der Waals surface area contributed by atoms with Gasteiger partial charge in [0.1, 0.15) is 0 Å². The third-order valence-corrected chi connectivity index (χ3v) is 4.71. The monoisotopic (exact) mass is 365 g/mol. The number of hydrogen-bond donors (Lipinski definition) is 2. The maximum Gasteiger partial charge on any atom is 0.252 e. The summed E-state index contributed by atoms with van der Waals surface area (Å²) < 4.78 is 1.86. The second-order valence-electron chi connectivity index (χ2n) is 7.24. The normalized spacial score (nSPS) is 12.5. The van der Waals surface area contributed by atoms with E-state index in [2.05, 4.69) is 48.6 Å². The van der Waals surface area contributed by atoms with E-state index >= 15 is 0 Å². The summed E-state index contributed by atoms with van der Waals surface area (Å²) in [7, 11) is 1.88. The number of likely N-dealkylation sites (N-methyl/N-ethyl adjacent to an activating group) is 1. The molecule has 0 fully saturated rings. The van der Waals surface area contributed by atoms with Crippen molar-refractivity contribution in [1.82, 2.24) is 25.4 Å². The molecule has 0 radical (unpaired) electrons. The van der Waals surface area contributed by atoms with Crippen molar-refractivity contribution in [2.24, 2.45) is 0 Å². The molecule has 1 aromatic carbocycles. The molecule has 0 saturated heterocycles. The summed E-state index contributed by atoms with van der Waals surface area (Å²) in [5, 5.41) is 11.4. The number of aryl methyl sites for hydroxylation is 1. The summed E-state index contributed by atoms with van der Waals surface area (Å²) in [6.07, 6.45) is 1.73. The lowest BCUT2D eigenvalue weighted by Crippen LogP contribution is -2.37. The number of aromatic nitrogens is 3. The first-order valence-corrected chi connectivity index (χ1v) is 9.31. The van der Waals surface area contributed by atoms with Crippen molar-refractivity contribution < 1.29 is 4.79 Å². The number of nitrogens with one attached hydrogen (secondary N) is 2. The molecule has 2 aromatic heterocycles. The van der Waals surface area contributed by atoms with Gasteiger partial charge in [0.2, 0.25) is 0 Å². The lowest BCUT2D eigenvalue weighted by molar-refractivity contribution is 0.0952. The number of carbonyl (C=O) groups is 1. The van der Waals surface area contributed by atoms with Gasteiger partial charge in [0.15, 0.2) is 5.65 Å². The number of nitrogens with zero attached hydrogens (tertiary/aromatic N) is 3. The smallest absolute Gasteiger partial charge is 0.252 e. The molecule has 142 valence electrons. The summed E-state index contributed by atoms with van der Waals surface area (Å²) in [6.45, 7) is 8.74. The lowest BCUT2D eigenvalue weighted by atomic mass is 10.0. The van der Waals surface area contributed by atoms with Gasteiger partial charge in [0.25, 0.3) is 5.91 Å². The van der Waals surface area contributed by atoms with Crippen molar-refractivity contribution in [3.05, 3.63) is 47.7 Å². The van der Waals surface area contributed by atoms with Crippen LogP contribution in [0.2, 0.25) is 0 Å². The second kappa shape index (κ2) is 7.88. The largest absolute Gasteiger partial charge is 0.350 e. The Bertz CT molecular complexity index is 943. The Labute approximate surface area is 160 Å². The van der Waals surface area contributed by atoms with Crippen LogP contribution in [0.1, 0.15) is 42.7 Å². The van der Waals surface area contributed by atoms with Crippen LogP contribution in [-0.4, -0.2) is 40.3 Å². The number of rotatable bonds is 6. The number of pyridine rings is 1. The van der Waals surface area contributed by atoms with E-state index in [0.29, 0.717) is 12.1 Å². The van der Waals surface area contributed by atoms with Gasteiger partial charge in [0, 0.05) is 24.2 Å². The zero-order chi connectivity index (χ0) is 19.6. The maximum atomic E-state index is 12.9. The molecule has 0 bridgehead atoms. The van der Waals surface area contributed by atoms with Crippen molar-refractivity contribution in [3.63, 3.8) is 0 Å². The fraction of sp³-hybridized carbons (Fsp3) is 0.381. The molecule has 0 spiro atoms. The van der Waals surface area contributed by atoms with E-state index in [4.69, 9.17) is 4.98 Å². The van der Waals surface area contributed by atoms with Crippen LogP contribution in [0, 0.1) is 6.92 Å². The first kappa shape index (κ1) is 19.0. The van der Waals surface area contributed by atoms with Crippen LogP contribution in [0.4, 0.5) is 0 Å². The highest BCUT2D eigenvalue weighted by atomic mass is 16.1. The molecule has 3 aromatic rings. The van der Waals surface area contributed by atoms with E-state index in [1.54, 1.807) is 6.20 Å². The zero-order valence-electron chi connectivity index (χ0n) is 16.6. The van der Waals surface area contributed by atoms with Crippen LogP contribution in [0.5, 0.6) is 0 Å². The van der Waals surface area contributed by atoms with E-state index < -0.39 is 0 Å². The number of carbonyl (C=O) groups excluding carboxylic acids is 1. The maximum absolute atomic E-state index is 12.9. The molecule has 0 saturated carbocycles. The van der Waals surface area contributed by atoms with Gasteiger partial charge in [-0.1, -0.05) is 29.8 Å². The Morgan fingerprint density at radius 2 is 1.89 bits per heavy atom. The molecule has 6 heteroatoms. The number of amides is 1. The van der Waals surface area contributed by atoms with Gasteiger partial charge < -0.3 is 10.6 Å². The number of benzene rings is 1. The van der Waals surface area contributed by atoms with E-state index in [-0.39, 0.29) is 18.0 Å². The summed E-state index contributed by atoms with van der Waals surface area (Å²) in [5.74, 6) is -0.110. The minimum absolute atomic E-state index is 0.110. The summed E-state index contributed by atoms with van der Waals surface area (Å²) in [6, 6.07) is 10.4. The van der Waals surface area contributed by atoms with Crippen LogP contribution >= 0.6 is 0 Å². The van der Waals surface area contributed by atoms with Gasteiger partial charge in [-0.25, -0.2) is 9.67 Å². The predicted octanol–water partition coefficient (Wildman–Crippen LogP) is 3.33. The molecule has 27 heavy (non-hydrogen) atoms. The standard InChI is InChI=1S/C21H27N5O/c1-13(2)26-20-18(12-24-26)17(21(27)23-11-15(4)22-5)10-19(25-20)16-8-6-14(3)7-9-16/h6-10,12-13,15,22H,11H2,1-5H3,(H,23,27). The Kier molecular flexibility index (Phi) is 5.56. The molecule has 1 unspecified atom stereocenters. The minimum Gasteiger partial charge on any atom is -0.350 e. The highest BCUT2D eigenvalue weighted by Crippen LogP contribution is 2.26. The molecule has 3 rings (SSSR count). The van der Waals surface area contributed by atoms with Gasteiger partial charge in [0.05, 0.1) is 22.8 Å². The Morgan fingerprint density at radius 1 is 1.19 bits per heavy atom. The molecule has 1 amide bonds. The van der Waals surface area contributed by atoms with Gasteiger partial charge in [-0.15, -0.1) is 0 Å². The molecule has 0 aliphatic rings. The quantitative estimate of drug-likeness (QED) is 0.703. The SMILES string of the molecule is CNC(C)CNC(=O)c1cc(-c2ccc(C)cc2)nc2c1cnn2C(C)C. The molecular formula is C21H27N5O. The minimum atomic E-state index is -0.110. The zero-order valence-corrected chi connectivity index (χ0v) is 16.6. The van der Waals surface area contributed by atoms with Crippen molar-refractivity contribution >= 4 is 16.9 Å². The summed E-state index contributed by atoms with van der Waals surface area (Å²) in [5.41, 5.74) is 4.28. The molecular weight excluding hydrogens is 338 g/mol. The Balaban J connectivity index is 2.10. The van der Waals surface area contributed by atoms with E-state index in [0.717, 1.165) is 22.3 Å². The van der Waals surface area contributed by atoms with Crippen LogP contribution in [0.3, 0.4) is 0 Å². The Hall–Kier alpha value is -2.73. The fourth-order valence-corrected chi connectivity index (χ4v) is 2.90. The van der Waals surface area contributed by atoms with Crippen molar-refractivity contribution in [2.75, 3.05) is 13.6 Å². The third kappa shape index (κ3) is 4.01. The molecule has 2 N–H and O–H groups in total. The van der Waals surface area contributed by atoms with Crippen LogP contribution in [-0.2, 0) is 0 Å². The topological polar surface area (TPSA) is 71.8 Å². The highest BCUT2D eigenvalue weighted by molar-refractivity contribution is 6.06. The van der Waals surface area contributed by atoms with Gasteiger partial charge in [-0.05, 0) is 40.8 Å².